The third-order valence-electron chi connectivity index (χ3n) is 3.85. The lowest BCUT2D eigenvalue weighted by atomic mass is 10.1. The minimum atomic E-state index is 0.169. The summed E-state index contributed by atoms with van der Waals surface area (Å²) < 4.78 is 0. The lowest BCUT2D eigenvalue weighted by molar-refractivity contribution is 0.0751. The van der Waals surface area contributed by atoms with Gasteiger partial charge in [-0.25, -0.2) is 0 Å². The van der Waals surface area contributed by atoms with E-state index < -0.39 is 0 Å². The van der Waals surface area contributed by atoms with Crippen LogP contribution in [0, 0.1) is 0 Å². The first kappa shape index (κ1) is 15.6. The SMILES string of the molecule is CCCCN(CCCC)C(=O)c1ccc2ccccc2c1. The number of carbonyl (C=O) groups excluding carboxylic acids is 1. The van der Waals surface area contributed by atoms with Crippen molar-refractivity contribution >= 4 is 16.7 Å². The smallest absolute Gasteiger partial charge is 0.253 e. The molecule has 21 heavy (non-hydrogen) atoms. The molecule has 0 aliphatic heterocycles. The van der Waals surface area contributed by atoms with Gasteiger partial charge in [0.2, 0.25) is 0 Å². The maximum absolute atomic E-state index is 12.7. The summed E-state index contributed by atoms with van der Waals surface area (Å²) in [5.74, 6) is 0.169. The standard InChI is InChI=1S/C19H25NO/c1-3-5-13-20(14-6-4-2)19(21)18-12-11-16-9-7-8-10-17(16)15-18/h7-12,15H,3-6,13-14H2,1-2H3. The van der Waals surface area contributed by atoms with Crippen molar-refractivity contribution in [1.29, 1.82) is 0 Å². The molecule has 2 nitrogen and oxygen atoms in total. The molecule has 0 aliphatic rings. The second kappa shape index (κ2) is 7.82. The van der Waals surface area contributed by atoms with Gasteiger partial charge in [0.05, 0.1) is 0 Å². The molecule has 0 atom stereocenters. The van der Waals surface area contributed by atoms with Gasteiger partial charge in [-0.2, -0.15) is 0 Å². The maximum Gasteiger partial charge on any atom is 0.253 e. The molecule has 0 aromatic heterocycles. The second-order valence-corrected chi connectivity index (χ2v) is 5.56. The van der Waals surface area contributed by atoms with Gasteiger partial charge < -0.3 is 4.90 Å². The Bertz CT molecular complexity index is 583. The zero-order valence-corrected chi connectivity index (χ0v) is 13.1. The van der Waals surface area contributed by atoms with Crippen LogP contribution in [-0.4, -0.2) is 23.9 Å². The Morgan fingerprint density at radius 1 is 0.905 bits per heavy atom. The van der Waals surface area contributed by atoms with Crippen molar-refractivity contribution in [2.24, 2.45) is 0 Å². The molecule has 0 saturated heterocycles. The monoisotopic (exact) mass is 283 g/mol. The summed E-state index contributed by atoms with van der Waals surface area (Å²) >= 11 is 0. The van der Waals surface area contributed by atoms with Crippen molar-refractivity contribution in [2.45, 2.75) is 39.5 Å². The Morgan fingerprint density at radius 3 is 2.14 bits per heavy atom. The first-order valence-corrected chi connectivity index (χ1v) is 8.04. The molecular weight excluding hydrogens is 258 g/mol. The number of hydrogen-bond donors (Lipinski definition) is 0. The maximum atomic E-state index is 12.7. The molecule has 0 spiro atoms. The molecule has 0 fully saturated rings. The summed E-state index contributed by atoms with van der Waals surface area (Å²) in [6.07, 6.45) is 4.38. The van der Waals surface area contributed by atoms with E-state index in [-0.39, 0.29) is 5.91 Å². The van der Waals surface area contributed by atoms with Gasteiger partial charge in [-0.15, -0.1) is 0 Å². The van der Waals surface area contributed by atoms with Gasteiger partial charge in [-0.1, -0.05) is 57.0 Å². The predicted octanol–water partition coefficient (Wildman–Crippen LogP) is 4.88. The van der Waals surface area contributed by atoms with Gasteiger partial charge in [0, 0.05) is 18.7 Å². The van der Waals surface area contributed by atoms with Gasteiger partial charge in [0.25, 0.3) is 5.91 Å². The molecule has 2 aromatic rings. The van der Waals surface area contributed by atoms with Crippen LogP contribution in [0.1, 0.15) is 49.9 Å². The number of fused-ring (bicyclic) bond motifs is 1. The third-order valence-corrected chi connectivity index (χ3v) is 3.85. The quantitative estimate of drug-likeness (QED) is 0.709. The number of carbonyl (C=O) groups is 1. The number of amides is 1. The topological polar surface area (TPSA) is 20.3 Å². The molecule has 2 heteroatoms. The van der Waals surface area contributed by atoms with Crippen molar-refractivity contribution in [3.63, 3.8) is 0 Å². The summed E-state index contributed by atoms with van der Waals surface area (Å²) in [4.78, 5) is 14.7. The van der Waals surface area contributed by atoms with E-state index >= 15 is 0 Å². The van der Waals surface area contributed by atoms with Crippen molar-refractivity contribution in [3.8, 4) is 0 Å². The fourth-order valence-corrected chi connectivity index (χ4v) is 2.52. The van der Waals surface area contributed by atoms with Crippen LogP contribution in [0.15, 0.2) is 42.5 Å². The van der Waals surface area contributed by atoms with Crippen molar-refractivity contribution in [1.82, 2.24) is 4.90 Å². The fraction of sp³-hybridized carbons (Fsp3) is 0.421. The summed E-state index contributed by atoms with van der Waals surface area (Å²) in [7, 11) is 0. The van der Waals surface area contributed by atoms with E-state index in [0.29, 0.717) is 0 Å². The predicted molar refractivity (Wildman–Crippen MR) is 89.7 cm³/mol. The summed E-state index contributed by atoms with van der Waals surface area (Å²) in [6.45, 7) is 6.06. The van der Waals surface area contributed by atoms with Crippen LogP contribution in [-0.2, 0) is 0 Å². The highest BCUT2D eigenvalue weighted by Gasteiger charge is 2.15. The van der Waals surface area contributed by atoms with E-state index in [4.69, 9.17) is 0 Å². The molecular formula is C19H25NO. The van der Waals surface area contributed by atoms with Crippen LogP contribution in [0.5, 0.6) is 0 Å². The van der Waals surface area contributed by atoms with Crippen molar-refractivity contribution < 1.29 is 4.79 Å². The number of hydrogen-bond acceptors (Lipinski definition) is 1. The Hall–Kier alpha value is -1.83. The highest BCUT2D eigenvalue weighted by molar-refractivity contribution is 5.98. The molecule has 0 N–H and O–H groups in total. The summed E-state index contributed by atoms with van der Waals surface area (Å²) in [6, 6.07) is 14.2. The number of nitrogens with zero attached hydrogens (tertiary/aromatic N) is 1. The largest absolute Gasteiger partial charge is 0.339 e. The Labute approximate surface area is 127 Å². The van der Waals surface area contributed by atoms with Gasteiger partial charge in [0.1, 0.15) is 0 Å². The molecule has 1 amide bonds. The Morgan fingerprint density at radius 2 is 1.52 bits per heavy atom. The normalized spacial score (nSPS) is 10.8. The first-order valence-electron chi connectivity index (χ1n) is 8.04. The molecule has 0 saturated carbocycles. The minimum Gasteiger partial charge on any atom is -0.339 e. The lowest BCUT2D eigenvalue weighted by Crippen LogP contribution is -2.32. The highest BCUT2D eigenvalue weighted by Crippen LogP contribution is 2.17. The van der Waals surface area contributed by atoms with Crippen molar-refractivity contribution in [2.75, 3.05) is 13.1 Å². The van der Waals surface area contributed by atoms with E-state index in [0.717, 1.165) is 49.7 Å². The van der Waals surface area contributed by atoms with Gasteiger partial charge in [-0.05, 0) is 35.7 Å². The molecule has 112 valence electrons. The zero-order valence-electron chi connectivity index (χ0n) is 13.1. The Kier molecular flexibility index (Phi) is 5.79. The Balaban J connectivity index is 2.20. The van der Waals surface area contributed by atoms with E-state index in [9.17, 15) is 4.79 Å². The van der Waals surface area contributed by atoms with E-state index in [1.54, 1.807) is 0 Å². The van der Waals surface area contributed by atoms with E-state index in [1.165, 1.54) is 5.39 Å². The van der Waals surface area contributed by atoms with E-state index in [2.05, 4.69) is 26.0 Å². The van der Waals surface area contributed by atoms with Crippen molar-refractivity contribution in [3.05, 3.63) is 48.0 Å². The highest BCUT2D eigenvalue weighted by atomic mass is 16.2. The van der Waals surface area contributed by atoms with Gasteiger partial charge >= 0.3 is 0 Å². The zero-order chi connectivity index (χ0) is 15.1. The third kappa shape index (κ3) is 4.07. The molecule has 0 radical (unpaired) electrons. The first-order chi connectivity index (χ1) is 10.3. The summed E-state index contributed by atoms with van der Waals surface area (Å²) in [5.41, 5.74) is 0.806. The molecule has 0 heterocycles. The molecule has 0 bridgehead atoms. The van der Waals surface area contributed by atoms with Crippen LogP contribution in [0.4, 0.5) is 0 Å². The summed E-state index contributed by atoms with van der Waals surface area (Å²) in [5, 5.41) is 2.32. The lowest BCUT2D eigenvalue weighted by Gasteiger charge is -2.22. The average Bonchev–Trinajstić information content (AvgIpc) is 2.54. The average molecular weight is 283 g/mol. The van der Waals surface area contributed by atoms with Crippen LogP contribution >= 0.6 is 0 Å². The molecule has 0 aliphatic carbocycles. The molecule has 0 unspecified atom stereocenters. The van der Waals surface area contributed by atoms with Crippen LogP contribution in [0.25, 0.3) is 10.8 Å². The van der Waals surface area contributed by atoms with Crippen LogP contribution < -0.4 is 0 Å². The van der Waals surface area contributed by atoms with Crippen LogP contribution in [0.2, 0.25) is 0 Å². The fourth-order valence-electron chi connectivity index (χ4n) is 2.52. The molecule has 2 aromatic carbocycles. The second-order valence-electron chi connectivity index (χ2n) is 5.56. The number of benzene rings is 2. The van der Waals surface area contributed by atoms with Gasteiger partial charge in [0.15, 0.2) is 0 Å². The van der Waals surface area contributed by atoms with Gasteiger partial charge in [-0.3, -0.25) is 4.79 Å². The molecule has 2 rings (SSSR count). The van der Waals surface area contributed by atoms with E-state index in [1.807, 2.05) is 35.2 Å². The minimum absolute atomic E-state index is 0.169. The van der Waals surface area contributed by atoms with Crippen LogP contribution in [0.3, 0.4) is 0 Å². The number of unbranched alkanes of at least 4 members (excludes halogenated alkanes) is 2. The number of rotatable bonds is 7.